The molecule has 1 heterocycles. The van der Waals surface area contributed by atoms with Crippen LogP contribution in [0.3, 0.4) is 0 Å². The summed E-state index contributed by atoms with van der Waals surface area (Å²) in [5.74, 6) is 0.329. The Hall–Kier alpha value is -1.20. The molecule has 0 aliphatic heterocycles. The van der Waals surface area contributed by atoms with Crippen molar-refractivity contribution in [2.24, 2.45) is 0 Å². The first-order chi connectivity index (χ1) is 9.67. The van der Waals surface area contributed by atoms with Crippen LogP contribution in [0.4, 0.5) is 4.79 Å². The highest BCUT2D eigenvalue weighted by Gasteiger charge is 2.16. The predicted octanol–water partition coefficient (Wildman–Crippen LogP) is 4.87. The van der Waals surface area contributed by atoms with Crippen molar-refractivity contribution in [3.8, 4) is 0 Å². The van der Waals surface area contributed by atoms with Crippen LogP contribution in [0.1, 0.15) is 27.9 Å². The van der Waals surface area contributed by atoms with Gasteiger partial charge in [-0.25, -0.2) is 4.79 Å². The molecule has 2 rings (SSSR count). The van der Waals surface area contributed by atoms with Crippen LogP contribution in [0.5, 0.6) is 0 Å². The molecule has 0 aliphatic rings. The van der Waals surface area contributed by atoms with E-state index >= 15 is 0 Å². The van der Waals surface area contributed by atoms with Gasteiger partial charge in [-0.05, 0) is 38.9 Å². The van der Waals surface area contributed by atoms with Crippen molar-refractivity contribution >= 4 is 44.6 Å². The zero-order chi connectivity index (χ0) is 15.8. The number of amides is 1. The average molecular weight is 362 g/mol. The molecule has 6 heteroatoms. The van der Waals surface area contributed by atoms with Gasteiger partial charge in [0.15, 0.2) is 5.58 Å². The van der Waals surface area contributed by atoms with E-state index in [0.29, 0.717) is 21.8 Å². The number of benzene rings is 1. The molecule has 0 saturated heterocycles. The first-order valence-electron chi connectivity index (χ1n) is 6.51. The highest BCUT2D eigenvalue weighted by Crippen LogP contribution is 2.30. The molecule has 1 aromatic heterocycles. The van der Waals surface area contributed by atoms with Gasteiger partial charge >= 0.3 is 6.09 Å². The van der Waals surface area contributed by atoms with Crippen molar-refractivity contribution in [3.05, 3.63) is 33.4 Å². The zero-order valence-electron chi connectivity index (χ0n) is 12.3. The van der Waals surface area contributed by atoms with Gasteiger partial charge in [0.05, 0.1) is 12.9 Å². The summed E-state index contributed by atoms with van der Waals surface area (Å²) in [6, 6.07) is 3.64. The maximum atomic E-state index is 11.6. The molecule has 108 valence electrons. The molecular formula is C14H15BrClNO3. The lowest BCUT2D eigenvalue weighted by molar-refractivity contribution is 0.0520. The molecule has 0 fully saturated rings. The Bertz CT molecular complexity index is 694. The highest BCUT2D eigenvalue weighted by molar-refractivity contribution is 9.10. The molecular weight excluding hydrogens is 346 g/mol. The number of alkyl carbamates (subject to hydrolysis) is 1. The molecule has 1 N–H and O–H groups in total. The number of halogens is 2. The summed E-state index contributed by atoms with van der Waals surface area (Å²) in [5, 5.41) is 3.57. The fraction of sp³-hybridized carbons (Fsp3) is 0.357. The largest absolute Gasteiger partial charge is 0.458 e. The summed E-state index contributed by atoms with van der Waals surface area (Å²) in [6.07, 6.45) is -0.561. The third-order valence-electron chi connectivity index (χ3n) is 2.30. The molecule has 1 amide bonds. The molecule has 0 unspecified atom stereocenters. The number of carbonyl (C=O) groups excluding carboxylic acids is 1. The highest BCUT2D eigenvalue weighted by atomic mass is 79.9. The molecule has 0 aliphatic carbocycles. The summed E-state index contributed by atoms with van der Waals surface area (Å²) in [4.78, 5) is 11.6. The molecule has 0 bridgehead atoms. The van der Waals surface area contributed by atoms with Gasteiger partial charge < -0.3 is 14.5 Å². The Kier molecular flexibility index (Phi) is 3.89. The van der Waals surface area contributed by atoms with E-state index in [-0.39, 0.29) is 12.6 Å². The maximum absolute atomic E-state index is 11.6. The smallest absolute Gasteiger partial charge is 0.408 e. The van der Waals surface area contributed by atoms with E-state index in [9.17, 15) is 4.79 Å². The normalized spacial score (nSPS) is 12.3. The number of furan rings is 1. The summed E-state index contributed by atoms with van der Waals surface area (Å²) >= 11 is 9.40. The summed E-state index contributed by atoms with van der Waals surface area (Å²) in [7, 11) is 0. The molecule has 20 heavy (non-hydrogen) atoms. The molecule has 0 saturated carbocycles. The minimum Gasteiger partial charge on any atom is -0.458 e. The Morgan fingerprint density at radius 3 is 2.90 bits per heavy atom. The molecule has 2 aromatic rings. The molecule has 0 atom stereocenters. The van der Waals surface area contributed by atoms with Gasteiger partial charge in [0.25, 0.3) is 0 Å². The number of hydrogen-bond donors (Lipinski definition) is 1. The van der Waals surface area contributed by atoms with E-state index in [1.54, 1.807) is 32.9 Å². The fourth-order valence-electron chi connectivity index (χ4n) is 1.60. The number of carbonyl (C=O) groups is 1. The lowest BCUT2D eigenvalue weighted by Gasteiger charge is -2.19. The number of nitrogens with one attached hydrogen (secondary N) is 1. The van der Waals surface area contributed by atoms with Crippen molar-refractivity contribution in [2.45, 2.75) is 32.9 Å². The van der Waals surface area contributed by atoms with E-state index in [2.05, 4.69) is 21.2 Å². The SMILES string of the molecule is [2H]c1c(CNC(=O)OC(C)(C)C)oc2c(Cl)cc(Br)cc12. The monoisotopic (exact) mass is 360 g/mol. The van der Waals surface area contributed by atoms with Crippen LogP contribution < -0.4 is 5.32 Å². The van der Waals surface area contributed by atoms with Crippen LogP contribution in [0.25, 0.3) is 11.0 Å². The molecule has 1 aromatic carbocycles. The molecule has 0 radical (unpaired) electrons. The van der Waals surface area contributed by atoms with Crippen LogP contribution >= 0.6 is 27.5 Å². The standard InChI is InChI=1S/C14H15BrClNO3/c1-14(2,3)20-13(18)17-7-10-5-8-4-9(15)6-11(16)12(8)19-10/h4-6H,7H2,1-3H3,(H,17,18)/i5D. The van der Waals surface area contributed by atoms with Crippen LogP contribution in [-0.4, -0.2) is 11.7 Å². The first-order valence-corrected chi connectivity index (χ1v) is 7.18. The van der Waals surface area contributed by atoms with E-state index in [0.717, 1.165) is 4.47 Å². The topological polar surface area (TPSA) is 51.5 Å². The van der Waals surface area contributed by atoms with Crippen LogP contribution in [0.15, 0.2) is 27.1 Å². The number of rotatable bonds is 2. The summed E-state index contributed by atoms with van der Waals surface area (Å²) in [6.45, 7) is 5.40. The second-order valence-corrected chi connectivity index (χ2v) is 6.59. The third-order valence-corrected chi connectivity index (χ3v) is 3.04. The third kappa shape index (κ3) is 3.90. The Balaban J connectivity index is 2.18. The quantitative estimate of drug-likeness (QED) is 0.830. The Labute approximate surface area is 131 Å². The maximum Gasteiger partial charge on any atom is 0.408 e. The van der Waals surface area contributed by atoms with Crippen molar-refractivity contribution in [1.29, 1.82) is 0 Å². The van der Waals surface area contributed by atoms with Crippen molar-refractivity contribution < 1.29 is 15.3 Å². The molecule has 4 nitrogen and oxygen atoms in total. The number of fused-ring (bicyclic) bond motifs is 1. The summed E-state index contributed by atoms with van der Waals surface area (Å²) < 4.78 is 19.5. The van der Waals surface area contributed by atoms with Crippen LogP contribution in [-0.2, 0) is 11.3 Å². The lowest BCUT2D eigenvalue weighted by Crippen LogP contribution is -2.32. The van der Waals surface area contributed by atoms with E-state index in [1.165, 1.54) is 0 Å². The predicted molar refractivity (Wildman–Crippen MR) is 82.0 cm³/mol. The van der Waals surface area contributed by atoms with Crippen LogP contribution in [0.2, 0.25) is 5.02 Å². The van der Waals surface area contributed by atoms with Gasteiger partial charge in [0.2, 0.25) is 0 Å². The first kappa shape index (κ1) is 13.8. The lowest BCUT2D eigenvalue weighted by atomic mass is 10.2. The van der Waals surface area contributed by atoms with Crippen molar-refractivity contribution in [1.82, 2.24) is 5.32 Å². The van der Waals surface area contributed by atoms with E-state index in [4.69, 9.17) is 22.1 Å². The fourth-order valence-corrected chi connectivity index (χ4v) is 2.45. The van der Waals surface area contributed by atoms with E-state index in [1.807, 2.05) is 0 Å². The summed E-state index contributed by atoms with van der Waals surface area (Å²) in [5.41, 5.74) is -0.138. The molecule has 0 spiro atoms. The van der Waals surface area contributed by atoms with E-state index < -0.39 is 11.7 Å². The van der Waals surface area contributed by atoms with Gasteiger partial charge in [-0.2, -0.15) is 0 Å². The van der Waals surface area contributed by atoms with Crippen molar-refractivity contribution in [2.75, 3.05) is 0 Å². The van der Waals surface area contributed by atoms with Gasteiger partial charge in [0, 0.05) is 9.86 Å². The van der Waals surface area contributed by atoms with Crippen molar-refractivity contribution in [3.63, 3.8) is 0 Å². The van der Waals surface area contributed by atoms with Gasteiger partial charge in [0.1, 0.15) is 11.4 Å². The van der Waals surface area contributed by atoms with Gasteiger partial charge in [-0.15, -0.1) is 0 Å². The van der Waals surface area contributed by atoms with Gasteiger partial charge in [-0.3, -0.25) is 0 Å². The minimum absolute atomic E-state index is 0.0658. The Morgan fingerprint density at radius 1 is 1.55 bits per heavy atom. The second-order valence-electron chi connectivity index (χ2n) is 5.27. The Morgan fingerprint density at radius 2 is 2.25 bits per heavy atom. The second kappa shape index (κ2) is 5.66. The van der Waals surface area contributed by atoms with Gasteiger partial charge in [-0.1, -0.05) is 27.5 Å². The average Bonchev–Trinajstić information content (AvgIpc) is 2.63. The number of hydrogen-bond acceptors (Lipinski definition) is 3. The number of ether oxygens (including phenoxy) is 1. The minimum atomic E-state index is -0.573. The van der Waals surface area contributed by atoms with Crippen LogP contribution in [0, 0.1) is 0 Å². The zero-order valence-corrected chi connectivity index (χ0v) is 13.7.